The van der Waals surface area contributed by atoms with Gasteiger partial charge in [0.1, 0.15) is 12.7 Å². The highest BCUT2D eigenvalue weighted by Gasteiger charge is 2.58. The third kappa shape index (κ3) is 4.17. The molecule has 1 aliphatic heterocycles. The summed E-state index contributed by atoms with van der Waals surface area (Å²) in [5.74, 6) is -1.48. The summed E-state index contributed by atoms with van der Waals surface area (Å²) >= 11 is 0. The zero-order valence-corrected chi connectivity index (χ0v) is 13.0. The molecule has 1 fully saturated rings. The van der Waals surface area contributed by atoms with Crippen molar-refractivity contribution in [3.8, 4) is 0 Å². The summed E-state index contributed by atoms with van der Waals surface area (Å²) in [7, 11) is 0. The van der Waals surface area contributed by atoms with Crippen molar-refractivity contribution in [3.63, 3.8) is 0 Å². The molecule has 0 bridgehead atoms. The second kappa shape index (κ2) is 6.89. The molecular weight excluding hydrogens is 280 g/mol. The number of carbonyl (C=O) groups excluding carboxylic acids is 3. The monoisotopic (exact) mass is 302 g/mol. The molecule has 1 aliphatic rings. The van der Waals surface area contributed by atoms with Crippen molar-refractivity contribution in [3.05, 3.63) is 0 Å². The van der Waals surface area contributed by atoms with E-state index in [4.69, 9.17) is 18.9 Å². The van der Waals surface area contributed by atoms with Gasteiger partial charge in [0.25, 0.3) is 0 Å². The van der Waals surface area contributed by atoms with Crippen LogP contribution in [-0.2, 0) is 33.3 Å². The van der Waals surface area contributed by atoms with Gasteiger partial charge in [0.2, 0.25) is 0 Å². The zero-order chi connectivity index (χ0) is 16.2. The molecule has 1 rings (SSSR count). The van der Waals surface area contributed by atoms with Crippen LogP contribution in [0.2, 0.25) is 0 Å². The van der Waals surface area contributed by atoms with Gasteiger partial charge in [-0.05, 0) is 13.3 Å². The van der Waals surface area contributed by atoms with Crippen LogP contribution < -0.4 is 0 Å². The van der Waals surface area contributed by atoms with Gasteiger partial charge >= 0.3 is 17.9 Å². The summed E-state index contributed by atoms with van der Waals surface area (Å²) in [6, 6.07) is 0. The predicted octanol–water partition coefficient (Wildman–Crippen LogP) is 0.980. The van der Waals surface area contributed by atoms with Crippen LogP contribution >= 0.6 is 0 Å². The zero-order valence-electron chi connectivity index (χ0n) is 13.0. The van der Waals surface area contributed by atoms with Crippen molar-refractivity contribution in [1.82, 2.24) is 0 Å². The van der Waals surface area contributed by atoms with Crippen molar-refractivity contribution in [2.75, 3.05) is 6.61 Å². The van der Waals surface area contributed by atoms with E-state index in [0.717, 1.165) is 0 Å². The predicted molar refractivity (Wildman–Crippen MR) is 71.3 cm³/mol. The van der Waals surface area contributed by atoms with Crippen LogP contribution in [0.3, 0.4) is 0 Å². The molecule has 0 amide bonds. The third-order valence-electron chi connectivity index (χ3n) is 3.38. The summed E-state index contributed by atoms with van der Waals surface area (Å²) < 4.78 is 21.4. The molecule has 7 nitrogen and oxygen atoms in total. The normalized spacial score (nSPS) is 31.6. The van der Waals surface area contributed by atoms with E-state index in [2.05, 4.69) is 0 Å². The summed E-state index contributed by atoms with van der Waals surface area (Å²) in [6.45, 7) is 7.22. The Bertz CT molecular complexity index is 420. The van der Waals surface area contributed by atoms with Crippen LogP contribution in [0.5, 0.6) is 0 Å². The summed E-state index contributed by atoms with van der Waals surface area (Å²) in [5, 5.41) is 0. The van der Waals surface area contributed by atoms with Gasteiger partial charge in [0.05, 0.1) is 6.10 Å². The van der Waals surface area contributed by atoms with Crippen LogP contribution in [0.1, 0.15) is 41.0 Å². The Hall–Kier alpha value is -1.63. The van der Waals surface area contributed by atoms with E-state index in [1.807, 2.05) is 6.92 Å². The van der Waals surface area contributed by atoms with E-state index in [-0.39, 0.29) is 6.61 Å². The number of ether oxygens (including phenoxy) is 4. The Morgan fingerprint density at radius 2 is 1.71 bits per heavy atom. The van der Waals surface area contributed by atoms with Gasteiger partial charge in [-0.15, -0.1) is 0 Å². The van der Waals surface area contributed by atoms with E-state index in [0.29, 0.717) is 6.42 Å². The standard InChI is InChI=1S/C14H22O7/c1-6-11-13(19-9(3)16)14(5,21-10(4)17)12(20-11)7-18-8(2)15/h11-13H,6-7H2,1-5H3/t11-,12+,13-,14-/m0/s1. The number of hydrogen-bond acceptors (Lipinski definition) is 7. The Morgan fingerprint density at radius 1 is 1.10 bits per heavy atom. The average molecular weight is 302 g/mol. The highest BCUT2D eigenvalue weighted by Crippen LogP contribution is 2.38. The minimum atomic E-state index is -1.20. The molecular formula is C14H22O7. The van der Waals surface area contributed by atoms with Gasteiger partial charge in [-0.3, -0.25) is 14.4 Å². The second-order valence-corrected chi connectivity index (χ2v) is 5.18. The van der Waals surface area contributed by atoms with Gasteiger partial charge in [0, 0.05) is 20.8 Å². The quantitative estimate of drug-likeness (QED) is 0.552. The lowest BCUT2D eigenvalue weighted by Gasteiger charge is -2.33. The minimum absolute atomic E-state index is 0.0760. The molecule has 0 saturated carbocycles. The van der Waals surface area contributed by atoms with Gasteiger partial charge < -0.3 is 18.9 Å². The first-order valence-corrected chi connectivity index (χ1v) is 6.86. The lowest BCUT2D eigenvalue weighted by molar-refractivity contribution is -0.183. The average Bonchev–Trinajstić information content (AvgIpc) is 2.58. The molecule has 0 aliphatic carbocycles. The Balaban J connectivity index is 3.03. The Morgan fingerprint density at radius 3 is 2.14 bits per heavy atom. The fraction of sp³-hybridized carbons (Fsp3) is 0.786. The van der Waals surface area contributed by atoms with Crippen molar-refractivity contribution in [2.24, 2.45) is 0 Å². The van der Waals surface area contributed by atoms with Gasteiger partial charge in [0.15, 0.2) is 11.7 Å². The van der Waals surface area contributed by atoms with Crippen LogP contribution in [-0.4, -0.2) is 48.4 Å². The maximum Gasteiger partial charge on any atom is 0.303 e. The second-order valence-electron chi connectivity index (χ2n) is 5.18. The van der Waals surface area contributed by atoms with Gasteiger partial charge in [-0.25, -0.2) is 0 Å². The molecule has 1 heterocycles. The molecule has 4 atom stereocenters. The first kappa shape index (κ1) is 17.4. The van der Waals surface area contributed by atoms with E-state index >= 15 is 0 Å². The van der Waals surface area contributed by atoms with Crippen molar-refractivity contribution < 1.29 is 33.3 Å². The molecule has 0 aromatic carbocycles. The molecule has 0 spiro atoms. The molecule has 1 saturated heterocycles. The number of hydrogen-bond donors (Lipinski definition) is 0. The van der Waals surface area contributed by atoms with Gasteiger partial charge in [-0.1, -0.05) is 6.92 Å². The van der Waals surface area contributed by atoms with Crippen molar-refractivity contribution in [2.45, 2.75) is 65.0 Å². The highest BCUT2D eigenvalue weighted by atomic mass is 16.7. The number of carbonyl (C=O) groups is 3. The molecule has 0 unspecified atom stereocenters. The number of esters is 3. The maximum atomic E-state index is 11.4. The molecule has 7 heteroatoms. The maximum absolute atomic E-state index is 11.4. The first-order valence-electron chi connectivity index (χ1n) is 6.86. The number of rotatable bonds is 5. The molecule has 0 aromatic rings. The largest absolute Gasteiger partial charge is 0.463 e. The Labute approximate surface area is 123 Å². The topological polar surface area (TPSA) is 88.1 Å². The van der Waals surface area contributed by atoms with E-state index in [1.54, 1.807) is 6.92 Å². The van der Waals surface area contributed by atoms with Crippen molar-refractivity contribution >= 4 is 17.9 Å². The highest BCUT2D eigenvalue weighted by molar-refractivity contribution is 5.68. The fourth-order valence-corrected chi connectivity index (χ4v) is 2.48. The van der Waals surface area contributed by atoms with E-state index in [9.17, 15) is 14.4 Å². The SMILES string of the molecule is CC[C@@H]1O[C@H](COC(C)=O)[C@](C)(OC(C)=O)[C@H]1OC(C)=O. The lowest BCUT2D eigenvalue weighted by Crippen LogP contribution is -2.52. The molecule has 21 heavy (non-hydrogen) atoms. The first-order chi connectivity index (χ1) is 9.70. The minimum Gasteiger partial charge on any atom is -0.463 e. The van der Waals surface area contributed by atoms with Crippen LogP contribution in [0.25, 0.3) is 0 Å². The molecule has 0 aromatic heterocycles. The summed E-state index contributed by atoms with van der Waals surface area (Å²) in [4.78, 5) is 33.7. The van der Waals surface area contributed by atoms with Crippen LogP contribution in [0.15, 0.2) is 0 Å². The van der Waals surface area contributed by atoms with E-state index < -0.39 is 41.8 Å². The Kier molecular flexibility index (Phi) is 5.71. The molecule has 0 radical (unpaired) electrons. The van der Waals surface area contributed by atoms with Gasteiger partial charge in [-0.2, -0.15) is 0 Å². The third-order valence-corrected chi connectivity index (χ3v) is 3.38. The summed E-state index contributed by atoms with van der Waals surface area (Å²) in [6.07, 6.45) is -1.31. The smallest absolute Gasteiger partial charge is 0.303 e. The van der Waals surface area contributed by atoms with Crippen LogP contribution in [0.4, 0.5) is 0 Å². The van der Waals surface area contributed by atoms with Crippen molar-refractivity contribution in [1.29, 1.82) is 0 Å². The lowest BCUT2D eigenvalue weighted by atomic mass is 9.91. The molecule has 0 N–H and O–H groups in total. The van der Waals surface area contributed by atoms with Crippen LogP contribution in [0, 0.1) is 0 Å². The molecule has 120 valence electrons. The fourth-order valence-electron chi connectivity index (χ4n) is 2.48. The summed E-state index contributed by atoms with van der Waals surface area (Å²) in [5.41, 5.74) is -1.20. The van der Waals surface area contributed by atoms with E-state index in [1.165, 1.54) is 20.8 Å².